The van der Waals surface area contributed by atoms with E-state index < -0.39 is 0 Å². The van der Waals surface area contributed by atoms with Gasteiger partial charge in [0.05, 0.1) is 17.8 Å². The van der Waals surface area contributed by atoms with Crippen molar-refractivity contribution in [2.45, 2.75) is 39.3 Å². The molecule has 2 rings (SSSR count). The normalized spacial score (nSPS) is 12.7. The summed E-state index contributed by atoms with van der Waals surface area (Å²) in [5.41, 5.74) is 3.59. The maximum absolute atomic E-state index is 5.70. The Hall–Kier alpha value is -1.81. The van der Waals surface area contributed by atoms with Crippen molar-refractivity contribution in [3.8, 4) is 5.75 Å². The number of hydrogen-bond acceptors (Lipinski definition) is 3. The molecule has 0 aliphatic heterocycles. The van der Waals surface area contributed by atoms with Crippen molar-refractivity contribution in [2.75, 3.05) is 7.05 Å². The van der Waals surface area contributed by atoms with Gasteiger partial charge in [0.1, 0.15) is 5.75 Å². The van der Waals surface area contributed by atoms with Crippen LogP contribution in [0.3, 0.4) is 0 Å². The molecule has 1 atom stereocenters. The molecule has 1 heterocycles. The summed E-state index contributed by atoms with van der Waals surface area (Å²) in [5, 5.41) is 7.92. The Morgan fingerprint density at radius 2 is 1.90 bits per heavy atom. The van der Waals surface area contributed by atoms with E-state index >= 15 is 0 Å². The van der Waals surface area contributed by atoms with E-state index in [4.69, 9.17) is 4.74 Å². The lowest BCUT2D eigenvalue weighted by atomic mass is 9.98. The van der Waals surface area contributed by atoms with Crippen LogP contribution in [0.2, 0.25) is 0 Å². The Kier molecular flexibility index (Phi) is 5.02. The van der Waals surface area contributed by atoms with Crippen LogP contribution in [0.4, 0.5) is 0 Å². The Balaban J connectivity index is 2.28. The molecular formula is C17H25N3O. The largest absolute Gasteiger partial charge is 0.491 e. The number of aryl methyl sites for hydroxylation is 2. The van der Waals surface area contributed by atoms with Crippen LogP contribution in [0.1, 0.15) is 43.6 Å². The molecule has 0 aliphatic rings. The van der Waals surface area contributed by atoms with Gasteiger partial charge in [-0.25, -0.2) is 0 Å². The monoisotopic (exact) mass is 287 g/mol. The minimum Gasteiger partial charge on any atom is -0.491 e. The zero-order chi connectivity index (χ0) is 15.4. The molecule has 4 heteroatoms. The number of ether oxygens (including phenoxy) is 1. The predicted octanol–water partition coefficient (Wildman–Crippen LogP) is 3.08. The van der Waals surface area contributed by atoms with Gasteiger partial charge in [-0.3, -0.25) is 4.68 Å². The van der Waals surface area contributed by atoms with Crippen molar-refractivity contribution in [1.29, 1.82) is 0 Å². The lowest BCUT2D eigenvalue weighted by Gasteiger charge is -2.17. The smallest absolute Gasteiger partial charge is 0.119 e. The lowest BCUT2D eigenvalue weighted by molar-refractivity contribution is 0.242. The lowest BCUT2D eigenvalue weighted by Crippen LogP contribution is -2.18. The molecule has 0 spiro atoms. The SMILES string of the molecule is CCc1nn(C)cc1C(NC)c1ccc(OC(C)C)cc1. The predicted molar refractivity (Wildman–Crippen MR) is 85.7 cm³/mol. The average Bonchev–Trinajstić information content (AvgIpc) is 2.82. The second kappa shape index (κ2) is 6.76. The molecule has 0 radical (unpaired) electrons. The van der Waals surface area contributed by atoms with Crippen LogP contribution in [0.15, 0.2) is 30.5 Å². The summed E-state index contributed by atoms with van der Waals surface area (Å²) in [5.74, 6) is 0.908. The average molecular weight is 287 g/mol. The highest BCUT2D eigenvalue weighted by Gasteiger charge is 2.18. The molecule has 4 nitrogen and oxygen atoms in total. The van der Waals surface area contributed by atoms with Crippen LogP contribution in [0, 0.1) is 0 Å². The van der Waals surface area contributed by atoms with Crippen LogP contribution in [0.25, 0.3) is 0 Å². The van der Waals surface area contributed by atoms with Gasteiger partial charge in [0, 0.05) is 18.8 Å². The first kappa shape index (κ1) is 15.6. The zero-order valence-corrected chi connectivity index (χ0v) is 13.6. The first-order valence-corrected chi connectivity index (χ1v) is 7.51. The molecule has 1 aromatic carbocycles. The molecule has 21 heavy (non-hydrogen) atoms. The van der Waals surface area contributed by atoms with Gasteiger partial charge >= 0.3 is 0 Å². The van der Waals surface area contributed by atoms with Crippen molar-refractivity contribution in [2.24, 2.45) is 7.05 Å². The molecule has 2 aromatic rings. The Bertz CT molecular complexity index is 572. The van der Waals surface area contributed by atoms with Crippen LogP contribution < -0.4 is 10.1 Å². The number of hydrogen-bond donors (Lipinski definition) is 1. The summed E-state index contributed by atoms with van der Waals surface area (Å²) in [6, 6.07) is 8.45. The fourth-order valence-corrected chi connectivity index (χ4v) is 2.58. The van der Waals surface area contributed by atoms with Gasteiger partial charge in [-0.05, 0) is 45.0 Å². The van der Waals surface area contributed by atoms with E-state index in [1.807, 2.05) is 44.8 Å². The third-order valence-corrected chi connectivity index (χ3v) is 3.46. The summed E-state index contributed by atoms with van der Waals surface area (Å²) in [4.78, 5) is 0. The molecule has 0 aliphatic carbocycles. The molecule has 0 saturated heterocycles. The minimum atomic E-state index is 0.154. The minimum absolute atomic E-state index is 0.154. The fourth-order valence-electron chi connectivity index (χ4n) is 2.58. The molecule has 114 valence electrons. The Morgan fingerprint density at radius 1 is 1.24 bits per heavy atom. The van der Waals surface area contributed by atoms with Crippen molar-refractivity contribution in [1.82, 2.24) is 15.1 Å². The van der Waals surface area contributed by atoms with Gasteiger partial charge in [0.2, 0.25) is 0 Å². The molecular weight excluding hydrogens is 262 g/mol. The quantitative estimate of drug-likeness (QED) is 0.887. The van der Waals surface area contributed by atoms with E-state index in [0.717, 1.165) is 17.9 Å². The molecule has 1 N–H and O–H groups in total. The van der Waals surface area contributed by atoms with Crippen molar-refractivity contribution < 1.29 is 4.74 Å². The maximum atomic E-state index is 5.70. The fraction of sp³-hybridized carbons (Fsp3) is 0.471. The molecule has 0 amide bonds. The number of benzene rings is 1. The van der Waals surface area contributed by atoms with Crippen LogP contribution in [-0.2, 0) is 13.5 Å². The molecule has 0 bridgehead atoms. The highest BCUT2D eigenvalue weighted by Crippen LogP contribution is 2.26. The topological polar surface area (TPSA) is 39.1 Å². The second-order valence-electron chi connectivity index (χ2n) is 5.52. The van der Waals surface area contributed by atoms with Crippen LogP contribution in [-0.4, -0.2) is 22.9 Å². The van der Waals surface area contributed by atoms with Crippen molar-refractivity contribution in [3.63, 3.8) is 0 Å². The van der Waals surface area contributed by atoms with E-state index in [-0.39, 0.29) is 12.1 Å². The summed E-state index contributed by atoms with van der Waals surface area (Å²) >= 11 is 0. The summed E-state index contributed by atoms with van der Waals surface area (Å²) in [6.07, 6.45) is 3.22. The van der Waals surface area contributed by atoms with E-state index in [2.05, 4.69) is 35.7 Å². The van der Waals surface area contributed by atoms with Crippen LogP contribution >= 0.6 is 0 Å². The van der Waals surface area contributed by atoms with E-state index in [0.29, 0.717) is 0 Å². The molecule has 1 aromatic heterocycles. The third-order valence-electron chi connectivity index (χ3n) is 3.46. The standard InChI is InChI=1S/C17H25N3O/c1-6-16-15(11-20(5)19-16)17(18-4)13-7-9-14(10-8-13)21-12(2)3/h7-12,17-18H,6H2,1-5H3. The van der Waals surface area contributed by atoms with Crippen molar-refractivity contribution >= 4 is 0 Å². The van der Waals surface area contributed by atoms with Gasteiger partial charge in [-0.2, -0.15) is 5.10 Å². The Morgan fingerprint density at radius 3 is 2.43 bits per heavy atom. The van der Waals surface area contributed by atoms with Gasteiger partial charge < -0.3 is 10.1 Å². The van der Waals surface area contributed by atoms with E-state index in [1.54, 1.807) is 0 Å². The first-order chi connectivity index (χ1) is 10.0. The summed E-state index contributed by atoms with van der Waals surface area (Å²) in [6.45, 7) is 6.21. The van der Waals surface area contributed by atoms with Gasteiger partial charge in [0.15, 0.2) is 0 Å². The third kappa shape index (κ3) is 3.64. The van der Waals surface area contributed by atoms with Crippen LogP contribution in [0.5, 0.6) is 5.75 Å². The second-order valence-corrected chi connectivity index (χ2v) is 5.52. The first-order valence-electron chi connectivity index (χ1n) is 7.51. The zero-order valence-electron chi connectivity index (χ0n) is 13.6. The van der Waals surface area contributed by atoms with E-state index in [9.17, 15) is 0 Å². The molecule has 0 saturated carbocycles. The van der Waals surface area contributed by atoms with E-state index in [1.165, 1.54) is 11.1 Å². The number of nitrogens with one attached hydrogen (secondary N) is 1. The maximum Gasteiger partial charge on any atom is 0.119 e. The van der Waals surface area contributed by atoms with Gasteiger partial charge in [-0.15, -0.1) is 0 Å². The van der Waals surface area contributed by atoms with Gasteiger partial charge in [-0.1, -0.05) is 19.1 Å². The molecule has 0 fully saturated rings. The summed E-state index contributed by atoms with van der Waals surface area (Å²) < 4.78 is 7.58. The number of rotatable bonds is 6. The number of nitrogens with zero attached hydrogens (tertiary/aromatic N) is 2. The van der Waals surface area contributed by atoms with Gasteiger partial charge in [0.25, 0.3) is 0 Å². The highest BCUT2D eigenvalue weighted by molar-refractivity contribution is 5.36. The molecule has 1 unspecified atom stereocenters. The summed E-state index contributed by atoms with van der Waals surface area (Å²) in [7, 11) is 3.95. The number of aromatic nitrogens is 2. The highest BCUT2D eigenvalue weighted by atomic mass is 16.5. The van der Waals surface area contributed by atoms with Crippen molar-refractivity contribution in [3.05, 3.63) is 47.3 Å². The Labute approximate surface area is 127 Å².